The lowest BCUT2D eigenvalue weighted by molar-refractivity contribution is -0.139. The molecule has 0 fully saturated rings. The van der Waals surface area contributed by atoms with Crippen molar-refractivity contribution >= 4 is 50.6 Å². The molecule has 1 aromatic rings. The van der Waals surface area contributed by atoms with E-state index >= 15 is 0 Å². The van der Waals surface area contributed by atoms with Crippen LogP contribution >= 0.6 is 39.5 Å². The molecule has 0 unspecified atom stereocenters. The molecule has 1 aromatic heterocycles. The van der Waals surface area contributed by atoms with Crippen LogP contribution in [0.4, 0.5) is 0 Å². The molecule has 1 N–H and O–H groups in total. The number of thiophene rings is 1. The van der Waals surface area contributed by atoms with Crippen molar-refractivity contribution in [1.82, 2.24) is 10.2 Å². The second-order valence-electron chi connectivity index (χ2n) is 4.30. The molecule has 0 radical (unpaired) electrons. The Morgan fingerprint density at radius 3 is 2.85 bits per heavy atom. The predicted molar refractivity (Wildman–Crippen MR) is 87.6 cm³/mol. The second-order valence-corrected chi connectivity index (χ2v) is 7.18. The standard InChI is InChI=1S/C13H15BrN2O2S2/c1-4-18-12(17)10-7(2)16(3)13(19)15-11(10)8-5-6-9(14)20-8/h5-6,11H,4H2,1-3H3,(H,15,19)/t11-/m0/s1. The lowest BCUT2D eigenvalue weighted by atomic mass is 10.0. The zero-order valence-corrected chi connectivity index (χ0v) is 14.6. The highest BCUT2D eigenvalue weighted by molar-refractivity contribution is 9.11. The largest absolute Gasteiger partial charge is 0.463 e. The van der Waals surface area contributed by atoms with Crippen LogP contribution in [-0.2, 0) is 9.53 Å². The van der Waals surface area contributed by atoms with Gasteiger partial charge >= 0.3 is 5.97 Å². The Labute approximate surface area is 135 Å². The van der Waals surface area contributed by atoms with E-state index in [1.165, 1.54) is 0 Å². The number of esters is 1. The summed E-state index contributed by atoms with van der Waals surface area (Å²) in [7, 11) is 1.84. The number of ether oxygens (including phenoxy) is 1. The van der Waals surface area contributed by atoms with Gasteiger partial charge in [0.1, 0.15) is 0 Å². The summed E-state index contributed by atoms with van der Waals surface area (Å²) >= 11 is 10.3. The lowest BCUT2D eigenvalue weighted by Crippen LogP contribution is -2.45. The number of hydrogen-bond donors (Lipinski definition) is 1. The number of nitrogens with zero attached hydrogens (tertiary/aromatic N) is 1. The fraction of sp³-hybridized carbons (Fsp3) is 0.385. The SMILES string of the molecule is CCOC(=O)C1=C(C)N(C)C(=S)N[C@H]1c1ccc(Br)s1. The molecular weight excluding hydrogens is 360 g/mol. The van der Waals surface area contributed by atoms with E-state index in [-0.39, 0.29) is 12.0 Å². The van der Waals surface area contributed by atoms with Crippen LogP contribution in [0, 0.1) is 0 Å². The van der Waals surface area contributed by atoms with Gasteiger partial charge in [-0.05, 0) is 54.1 Å². The maximum Gasteiger partial charge on any atom is 0.338 e. The zero-order chi connectivity index (χ0) is 14.9. The molecule has 0 spiro atoms. The molecule has 0 saturated heterocycles. The molecule has 20 heavy (non-hydrogen) atoms. The van der Waals surface area contributed by atoms with Gasteiger partial charge in [0.05, 0.1) is 22.0 Å². The van der Waals surface area contributed by atoms with Gasteiger partial charge in [0.15, 0.2) is 5.11 Å². The average Bonchev–Trinajstić information content (AvgIpc) is 2.82. The van der Waals surface area contributed by atoms with Crippen molar-refractivity contribution in [2.24, 2.45) is 0 Å². The van der Waals surface area contributed by atoms with E-state index in [1.54, 1.807) is 23.2 Å². The van der Waals surface area contributed by atoms with E-state index in [4.69, 9.17) is 17.0 Å². The maximum atomic E-state index is 12.3. The smallest absolute Gasteiger partial charge is 0.338 e. The summed E-state index contributed by atoms with van der Waals surface area (Å²) < 4.78 is 6.19. The van der Waals surface area contributed by atoms with Crippen LogP contribution in [0.3, 0.4) is 0 Å². The number of carbonyl (C=O) groups excluding carboxylic acids is 1. The number of carbonyl (C=O) groups is 1. The van der Waals surface area contributed by atoms with Crippen LogP contribution in [0.5, 0.6) is 0 Å². The molecule has 0 aromatic carbocycles. The average molecular weight is 375 g/mol. The minimum atomic E-state index is -0.304. The first kappa shape index (κ1) is 15.5. The van der Waals surface area contributed by atoms with Gasteiger partial charge in [0, 0.05) is 17.6 Å². The third-order valence-electron chi connectivity index (χ3n) is 3.13. The molecule has 0 saturated carbocycles. The molecule has 1 aliphatic heterocycles. The van der Waals surface area contributed by atoms with Crippen LogP contribution in [-0.4, -0.2) is 29.6 Å². The summed E-state index contributed by atoms with van der Waals surface area (Å²) in [5, 5.41) is 3.81. The fourth-order valence-corrected chi connectivity index (χ4v) is 3.75. The van der Waals surface area contributed by atoms with Gasteiger partial charge in [-0.1, -0.05) is 0 Å². The minimum Gasteiger partial charge on any atom is -0.463 e. The first-order chi connectivity index (χ1) is 9.45. The molecular formula is C13H15BrN2O2S2. The van der Waals surface area contributed by atoms with E-state index in [1.807, 2.05) is 26.1 Å². The Morgan fingerprint density at radius 1 is 1.60 bits per heavy atom. The van der Waals surface area contributed by atoms with Gasteiger partial charge in [-0.15, -0.1) is 11.3 Å². The molecule has 2 rings (SSSR count). The van der Waals surface area contributed by atoms with Crippen molar-refractivity contribution in [2.75, 3.05) is 13.7 Å². The first-order valence-electron chi connectivity index (χ1n) is 6.13. The number of nitrogens with one attached hydrogen (secondary N) is 1. The minimum absolute atomic E-state index is 0.256. The highest BCUT2D eigenvalue weighted by atomic mass is 79.9. The summed E-state index contributed by atoms with van der Waals surface area (Å²) in [6.07, 6.45) is 0. The molecule has 1 atom stereocenters. The van der Waals surface area contributed by atoms with Crippen LogP contribution in [0.25, 0.3) is 0 Å². The van der Waals surface area contributed by atoms with Gasteiger partial charge in [-0.25, -0.2) is 4.79 Å². The van der Waals surface area contributed by atoms with E-state index in [9.17, 15) is 4.79 Å². The Balaban J connectivity index is 2.47. The quantitative estimate of drug-likeness (QED) is 0.649. The fourth-order valence-electron chi connectivity index (χ4n) is 2.01. The van der Waals surface area contributed by atoms with Crippen molar-refractivity contribution in [2.45, 2.75) is 19.9 Å². The third-order valence-corrected chi connectivity index (χ3v) is 5.21. The molecule has 0 aliphatic carbocycles. The number of allylic oxidation sites excluding steroid dienone is 1. The molecule has 1 aliphatic rings. The number of thiocarbonyl (C=S) groups is 1. The predicted octanol–water partition coefficient (Wildman–Crippen LogP) is 3.21. The highest BCUT2D eigenvalue weighted by Gasteiger charge is 2.34. The summed E-state index contributed by atoms with van der Waals surface area (Å²) in [5.74, 6) is -0.304. The summed E-state index contributed by atoms with van der Waals surface area (Å²) in [5.41, 5.74) is 1.43. The molecule has 0 amide bonds. The normalized spacial score (nSPS) is 19.1. The summed E-state index contributed by atoms with van der Waals surface area (Å²) in [6, 6.07) is 3.68. The molecule has 2 heterocycles. The Hall–Kier alpha value is -0.920. The van der Waals surface area contributed by atoms with Crippen molar-refractivity contribution in [3.8, 4) is 0 Å². The van der Waals surface area contributed by atoms with Crippen molar-refractivity contribution in [3.63, 3.8) is 0 Å². The van der Waals surface area contributed by atoms with Gasteiger partial charge in [0.25, 0.3) is 0 Å². The van der Waals surface area contributed by atoms with E-state index in [2.05, 4.69) is 21.2 Å². The van der Waals surface area contributed by atoms with Crippen molar-refractivity contribution in [1.29, 1.82) is 0 Å². The number of halogens is 1. The van der Waals surface area contributed by atoms with Gasteiger partial charge < -0.3 is 15.0 Å². The van der Waals surface area contributed by atoms with E-state index in [0.29, 0.717) is 17.3 Å². The van der Waals surface area contributed by atoms with Crippen molar-refractivity contribution < 1.29 is 9.53 Å². The monoisotopic (exact) mass is 374 g/mol. The molecule has 0 bridgehead atoms. The van der Waals surface area contributed by atoms with E-state index in [0.717, 1.165) is 14.4 Å². The van der Waals surface area contributed by atoms with Crippen LogP contribution < -0.4 is 5.32 Å². The Kier molecular flexibility index (Phi) is 4.82. The summed E-state index contributed by atoms with van der Waals surface area (Å²) in [4.78, 5) is 15.1. The maximum absolute atomic E-state index is 12.3. The third kappa shape index (κ3) is 2.89. The summed E-state index contributed by atoms with van der Waals surface area (Å²) in [6.45, 7) is 4.04. The van der Waals surface area contributed by atoms with Gasteiger partial charge in [-0.2, -0.15) is 0 Å². The van der Waals surface area contributed by atoms with Crippen LogP contribution in [0.15, 0.2) is 27.2 Å². The van der Waals surface area contributed by atoms with Crippen LogP contribution in [0.2, 0.25) is 0 Å². The topological polar surface area (TPSA) is 41.6 Å². The molecule has 108 valence electrons. The molecule has 7 heteroatoms. The zero-order valence-electron chi connectivity index (χ0n) is 11.4. The number of hydrogen-bond acceptors (Lipinski definition) is 4. The number of rotatable bonds is 3. The Bertz CT molecular complexity index is 583. The van der Waals surface area contributed by atoms with Crippen LogP contribution in [0.1, 0.15) is 24.8 Å². The lowest BCUT2D eigenvalue weighted by Gasteiger charge is -2.34. The first-order valence-corrected chi connectivity index (χ1v) is 8.14. The van der Waals surface area contributed by atoms with Crippen molar-refractivity contribution in [3.05, 3.63) is 32.1 Å². The second kappa shape index (κ2) is 6.24. The molecule has 4 nitrogen and oxygen atoms in total. The van der Waals surface area contributed by atoms with Gasteiger partial charge in [0.2, 0.25) is 0 Å². The highest BCUT2D eigenvalue weighted by Crippen LogP contribution is 2.35. The van der Waals surface area contributed by atoms with Gasteiger partial charge in [-0.3, -0.25) is 0 Å². The Morgan fingerprint density at radius 2 is 2.30 bits per heavy atom. The van der Waals surface area contributed by atoms with E-state index < -0.39 is 0 Å².